The van der Waals surface area contributed by atoms with E-state index in [-0.39, 0.29) is 12.4 Å². The first kappa shape index (κ1) is 13.7. The second kappa shape index (κ2) is 5.47. The Morgan fingerprint density at radius 1 is 1.28 bits per heavy atom. The molecule has 2 bridgehead atoms. The molecular weight excluding hydrogens is 248 g/mol. The van der Waals surface area contributed by atoms with Crippen LogP contribution in [0.25, 0.3) is 0 Å². The molecule has 1 aromatic carbocycles. The van der Waals surface area contributed by atoms with Crippen LogP contribution >= 0.6 is 12.4 Å². The van der Waals surface area contributed by atoms with E-state index in [1.54, 1.807) is 7.11 Å². The molecule has 2 heterocycles. The Morgan fingerprint density at radius 2 is 2.00 bits per heavy atom. The number of nitrogens with zero attached hydrogens (tertiary/aromatic N) is 1. The van der Waals surface area contributed by atoms with E-state index in [1.165, 1.54) is 24.8 Å². The fourth-order valence-corrected chi connectivity index (χ4v) is 3.34. The minimum atomic E-state index is 0. The van der Waals surface area contributed by atoms with Gasteiger partial charge in [-0.05, 0) is 37.0 Å². The van der Waals surface area contributed by atoms with Crippen LogP contribution < -0.4 is 10.5 Å². The third kappa shape index (κ3) is 2.35. The maximum absolute atomic E-state index is 6.15. The number of rotatable bonds is 3. The van der Waals surface area contributed by atoms with Gasteiger partial charge in [0.05, 0.1) is 7.11 Å². The summed E-state index contributed by atoms with van der Waals surface area (Å²) in [6.07, 6.45) is 3.79. The van der Waals surface area contributed by atoms with Crippen molar-refractivity contribution in [3.8, 4) is 5.75 Å². The largest absolute Gasteiger partial charge is 0.497 e. The molecule has 3 rings (SSSR count). The van der Waals surface area contributed by atoms with Crippen LogP contribution in [0.4, 0.5) is 0 Å². The molecule has 0 spiro atoms. The van der Waals surface area contributed by atoms with Gasteiger partial charge in [0, 0.05) is 24.7 Å². The Kier molecular flexibility index (Phi) is 4.15. The lowest BCUT2D eigenvalue weighted by Gasteiger charge is -2.22. The predicted molar refractivity (Wildman–Crippen MR) is 75.2 cm³/mol. The molecule has 4 heteroatoms. The normalized spacial score (nSPS) is 30.2. The lowest BCUT2D eigenvalue weighted by molar-refractivity contribution is 0.239. The Morgan fingerprint density at radius 3 is 2.50 bits per heavy atom. The van der Waals surface area contributed by atoms with Crippen LogP contribution in [0, 0.1) is 0 Å². The van der Waals surface area contributed by atoms with Crippen molar-refractivity contribution in [1.29, 1.82) is 0 Å². The Balaban J connectivity index is 0.00000120. The molecule has 2 aliphatic rings. The highest BCUT2D eigenvalue weighted by atomic mass is 35.5. The number of halogens is 1. The van der Waals surface area contributed by atoms with E-state index in [9.17, 15) is 0 Å². The molecule has 18 heavy (non-hydrogen) atoms. The van der Waals surface area contributed by atoms with Crippen molar-refractivity contribution < 1.29 is 4.74 Å². The maximum atomic E-state index is 6.15. The molecule has 0 saturated carbocycles. The van der Waals surface area contributed by atoms with Gasteiger partial charge in [-0.25, -0.2) is 0 Å². The summed E-state index contributed by atoms with van der Waals surface area (Å²) in [5.41, 5.74) is 7.51. The highest BCUT2D eigenvalue weighted by Crippen LogP contribution is 2.37. The van der Waals surface area contributed by atoms with E-state index in [1.807, 2.05) is 12.1 Å². The highest BCUT2D eigenvalue weighted by molar-refractivity contribution is 5.85. The lowest BCUT2D eigenvalue weighted by Crippen LogP contribution is -2.36. The van der Waals surface area contributed by atoms with Gasteiger partial charge < -0.3 is 10.5 Å². The van der Waals surface area contributed by atoms with Crippen molar-refractivity contribution in [2.75, 3.05) is 7.11 Å². The Hall–Kier alpha value is -0.770. The zero-order chi connectivity index (χ0) is 11.8. The average Bonchev–Trinajstić information content (AvgIpc) is 2.86. The van der Waals surface area contributed by atoms with Crippen molar-refractivity contribution in [3.05, 3.63) is 29.8 Å². The molecule has 100 valence electrons. The first-order valence-corrected chi connectivity index (χ1v) is 6.42. The molecule has 2 saturated heterocycles. The molecule has 0 unspecified atom stereocenters. The summed E-state index contributed by atoms with van der Waals surface area (Å²) in [7, 11) is 1.70. The van der Waals surface area contributed by atoms with Gasteiger partial charge in [0.15, 0.2) is 0 Å². The van der Waals surface area contributed by atoms with Gasteiger partial charge in [-0.2, -0.15) is 0 Å². The number of hydrogen-bond acceptors (Lipinski definition) is 3. The van der Waals surface area contributed by atoms with Gasteiger partial charge in [0.1, 0.15) is 5.75 Å². The van der Waals surface area contributed by atoms with E-state index >= 15 is 0 Å². The summed E-state index contributed by atoms with van der Waals surface area (Å²) in [5.74, 6) is 0.926. The fourth-order valence-electron chi connectivity index (χ4n) is 3.34. The predicted octanol–water partition coefficient (Wildman–Crippen LogP) is 2.18. The molecule has 3 atom stereocenters. The average molecular weight is 269 g/mol. The third-order valence-electron chi connectivity index (χ3n) is 4.25. The quantitative estimate of drug-likeness (QED) is 0.913. The van der Waals surface area contributed by atoms with Crippen LogP contribution in [0.2, 0.25) is 0 Å². The molecule has 2 fully saturated rings. The van der Waals surface area contributed by atoms with Crippen molar-refractivity contribution in [2.45, 2.75) is 43.9 Å². The van der Waals surface area contributed by atoms with Gasteiger partial charge in [0.25, 0.3) is 0 Å². The van der Waals surface area contributed by atoms with Crippen molar-refractivity contribution in [3.63, 3.8) is 0 Å². The summed E-state index contributed by atoms with van der Waals surface area (Å²) in [5, 5.41) is 0. The first-order valence-electron chi connectivity index (χ1n) is 6.42. The lowest BCUT2D eigenvalue weighted by atomic mass is 9.97. The number of ether oxygens (including phenoxy) is 1. The molecule has 0 radical (unpaired) electrons. The molecule has 2 N–H and O–H groups in total. The van der Waals surface area contributed by atoms with Gasteiger partial charge in [-0.15, -0.1) is 12.4 Å². The minimum Gasteiger partial charge on any atom is -0.497 e. The molecule has 0 amide bonds. The number of fused-ring (bicyclic) bond motifs is 2. The standard InChI is InChI=1S/C14H20N2O.ClH/c1-17-12-5-2-10(3-6-12)9-16-11-4-7-14(16)13(15)8-11;/h2-3,5-6,11,13-14H,4,7-9,15H2,1H3;1H/t11-,13+,14+;/m0./s1. The smallest absolute Gasteiger partial charge is 0.118 e. The van der Waals surface area contributed by atoms with Crippen LogP contribution in [-0.2, 0) is 6.54 Å². The monoisotopic (exact) mass is 268 g/mol. The molecule has 0 aliphatic carbocycles. The molecule has 2 aliphatic heterocycles. The van der Waals surface area contributed by atoms with Gasteiger partial charge in [0.2, 0.25) is 0 Å². The minimum absolute atomic E-state index is 0. The fraction of sp³-hybridized carbons (Fsp3) is 0.571. The highest BCUT2D eigenvalue weighted by Gasteiger charge is 2.44. The molecule has 0 aromatic heterocycles. The zero-order valence-electron chi connectivity index (χ0n) is 10.7. The van der Waals surface area contributed by atoms with E-state index < -0.39 is 0 Å². The topological polar surface area (TPSA) is 38.5 Å². The van der Waals surface area contributed by atoms with Crippen LogP contribution in [0.3, 0.4) is 0 Å². The Bertz CT molecular complexity index is 395. The number of hydrogen-bond donors (Lipinski definition) is 1. The van der Waals surface area contributed by atoms with Crippen LogP contribution in [0.1, 0.15) is 24.8 Å². The zero-order valence-corrected chi connectivity index (χ0v) is 11.5. The SMILES string of the molecule is COc1ccc(CN2[C@H]3CC[C@@H]2[C@H](N)C3)cc1.Cl. The second-order valence-corrected chi connectivity index (χ2v) is 5.22. The summed E-state index contributed by atoms with van der Waals surface area (Å²) < 4.78 is 5.18. The number of methoxy groups -OCH3 is 1. The van der Waals surface area contributed by atoms with Gasteiger partial charge in [-0.3, -0.25) is 4.90 Å². The van der Waals surface area contributed by atoms with Crippen LogP contribution in [-0.4, -0.2) is 30.1 Å². The van der Waals surface area contributed by atoms with E-state index in [2.05, 4.69) is 17.0 Å². The van der Waals surface area contributed by atoms with E-state index in [0.717, 1.165) is 18.3 Å². The van der Waals surface area contributed by atoms with Crippen LogP contribution in [0.5, 0.6) is 5.75 Å². The molecular formula is C14H21ClN2O. The second-order valence-electron chi connectivity index (χ2n) is 5.22. The molecule has 3 nitrogen and oxygen atoms in total. The van der Waals surface area contributed by atoms with Crippen LogP contribution in [0.15, 0.2) is 24.3 Å². The third-order valence-corrected chi connectivity index (χ3v) is 4.25. The maximum Gasteiger partial charge on any atom is 0.118 e. The van der Waals surface area contributed by atoms with E-state index in [0.29, 0.717) is 12.1 Å². The number of benzene rings is 1. The van der Waals surface area contributed by atoms with Crippen molar-refractivity contribution in [1.82, 2.24) is 4.90 Å². The summed E-state index contributed by atoms with van der Waals surface area (Å²) in [6, 6.07) is 10.1. The van der Waals surface area contributed by atoms with Crippen molar-refractivity contribution in [2.24, 2.45) is 5.73 Å². The van der Waals surface area contributed by atoms with Crippen molar-refractivity contribution >= 4 is 12.4 Å². The van der Waals surface area contributed by atoms with E-state index in [4.69, 9.17) is 10.5 Å². The number of nitrogens with two attached hydrogens (primary N) is 1. The van der Waals surface area contributed by atoms with Gasteiger partial charge >= 0.3 is 0 Å². The first-order chi connectivity index (χ1) is 8.28. The summed E-state index contributed by atoms with van der Waals surface area (Å²) in [4.78, 5) is 2.59. The summed E-state index contributed by atoms with van der Waals surface area (Å²) >= 11 is 0. The summed E-state index contributed by atoms with van der Waals surface area (Å²) in [6.45, 7) is 1.03. The molecule has 1 aromatic rings. The van der Waals surface area contributed by atoms with Gasteiger partial charge in [-0.1, -0.05) is 12.1 Å². The Labute approximate surface area is 115 Å².